The summed E-state index contributed by atoms with van der Waals surface area (Å²) < 4.78 is 27.1. The number of nitrogens with zero attached hydrogens (tertiary/aromatic N) is 3. The molecule has 220 valence electrons. The average Bonchev–Trinajstić information content (AvgIpc) is 3.02. The molecule has 0 fully saturated rings. The number of amides is 3. The fourth-order valence-corrected chi connectivity index (χ4v) is 5.30. The maximum absolute atomic E-state index is 14.3. The number of rotatable bonds is 9. The standard InChI is InChI=1S/C33H31F2N5O3/c1-21(31(41)38-19-23-15-25(34)18-26(35)16-23)32(42)39-28(17-22-7-3-2-4-8-22)33(43)40-14-11-24-9-5-6-10-27(24)30(40)29-20-36-12-13-37-29/h2-10,12-13,15-16,18,20-21,28,30H,11,14,17,19H2,1H3,(H,38,41)(H,39,42). The van der Waals surface area contributed by atoms with Crippen molar-refractivity contribution in [3.8, 4) is 0 Å². The normalized spacial score (nSPS) is 15.6. The number of hydrogen-bond donors (Lipinski definition) is 2. The Hall–Kier alpha value is -4.99. The molecule has 1 aliphatic rings. The van der Waals surface area contributed by atoms with E-state index in [-0.39, 0.29) is 24.4 Å². The lowest BCUT2D eigenvalue weighted by molar-refractivity contribution is -0.141. The van der Waals surface area contributed by atoms with Crippen LogP contribution in [-0.4, -0.2) is 45.2 Å². The number of benzene rings is 3. The zero-order valence-corrected chi connectivity index (χ0v) is 23.5. The van der Waals surface area contributed by atoms with Crippen LogP contribution < -0.4 is 10.6 Å². The third-order valence-corrected chi connectivity index (χ3v) is 7.50. The number of carbonyl (C=O) groups is 3. The third-order valence-electron chi connectivity index (χ3n) is 7.50. The van der Waals surface area contributed by atoms with E-state index in [4.69, 9.17) is 0 Å². The second kappa shape index (κ2) is 13.3. The molecule has 0 aliphatic carbocycles. The van der Waals surface area contributed by atoms with Crippen LogP contribution in [0.3, 0.4) is 0 Å². The average molecular weight is 584 g/mol. The van der Waals surface area contributed by atoms with E-state index >= 15 is 0 Å². The topological polar surface area (TPSA) is 104 Å². The highest BCUT2D eigenvalue weighted by molar-refractivity contribution is 6.01. The highest BCUT2D eigenvalue weighted by atomic mass is 19.1. The van der Waals surface area contributed by atoms with Gasteiger partial charge in [-0.1, -0.05) is 54.6 Å². The molecular formula is C33H31F2N5O3. The first-order valence-corrected chi connectivity index (χ1v) is 14.0. The quantitative estimate of drug-likeness (QED) is 0.291. The molecule has 1 aliphatic heterocycles. The summed E-state index contributed by atoms with van der Waals surface area (Å²) in [6.07, 6.45) is 5.61. The van der Waals surface area contributed by atoms with Gasteiger partial charge in [-0.25, -0.2) is 8.78 Å². The van der Waals surface area contributed by atoms with Gasteiger partial charge in [0.05, 0.1) is 11.9 Å². The molecule has 0 saturated heterocycles. The van der Waals surface area contributed by atoms with Gasteiger partial charge in [-0.15, -0.1) is 0 Å². The van der Waals surface area contributed by atoms with Crippen LogP contribution in [0.1, 0.15) is 40.9 Å². The fourth-order valence-electron chi connectivity index (χ4n) is 5.30. The zero-order valence-electron chi connectivity index (χ0n) is 23.5. The third kappa shape index (κ3) is 7.09. The molecule has 0 spiro atoms. The molecule has 1 aromatic heterocycles. The molecule has 3 unspecified atom stereocenters. The molecule has 2 heterocycles. The summed E-state index contributed by atoms with van der Waals surface area (Å²) in [5.74, 6) is -4.31. The number of carbonyl (C=O) groups excluding carboxylic acids is 3. The second-order valence-corrected chi connectivity index (χ2v) is 10.5. The largest absolute Gasteiger partial charge is 0.351 e. The lowest BCUT2D eigenvalue weighted by atomic mass is 9.89. The van der Waals surface area contributed by atoms with E-state index in [1.165, 1.54) is 6.92 Å². The van der Waals surface area contributed by atoms with Crippen LogP contribution in [0.4, 0.5) is 8.78 Å². The summed E-state index contributed by atoms with van der Waals surface area (Å²) in [7, 11) is 0. The predicted molar refractivity (Wildman–Crippen MR) is 155 cm³/mol. The van der Waals surface area contributed by atoms with E-state index in [1.54, 1.807) is 23.5 Å². The highest BCUT2D eigenvalue weighted by Gasteiger charge is 2.37. The van der Waals surface area contributed by atoms with Gasteiger partial charge in [0, 0.05) is 38.0 Å². The van der Waals surface area contributed by atoms with Gasteiger partial charge < -0.3 is 15.5 Å². The van der Waals surface area contributed by atoms with Gasteiger partial charge >= 0.3 is 0 Å². The molecule has 0 bridgehead atoms. The summed E-state index contributed by atoms with van der Waals surface area (Å²) in [6, 6.07) is 18.6. The second-order valence-electron chi connectivity index (χ2n) is 10.5. The Balaban J connectivity index is 1.37. The van der Waals surface area contributed by atoms with Crippen molar-refractivity contribution in [1.82, 2.24) is 25.5 Å². The Morgan fingerprint density at radius 3 is 2.37 bits per heavy atom. The molecule has 4 aromatic rings. The minimum Gasteiger partial charge on any atom is -0.351 e. The Kier molecular flexibility index (Phi) is 9.14. The number of nitrogens with one attached hydrogen (secondary N) is 2. The predicted octanol–water partition coefficient (Wildman–Crippen LogP) is 3.91. The molecule has 3 atom stereocenters. The van der Waals surface area contributed by atoms with Gasteiger partial charge in [-0.3, -0.25) is 24.4 Å². The van der Waals surface area contributed by atoms with Gasteiger partial charge in [0.15, 0.2) is 0 Å². The molecule has 0 saturated carbocycles. The van der Waals surface area contributed by atoms with Gasteiger partial charge in [0.25, 0.3) is 0 Å². The van der Waals surface area contributed by atoms with Crippen molar-refractivity contribution in [2.45, 2.75) is 38.4 Å². The number of fused-ring (bicyclic) bond motifs is 1. The number of hydrogen-bond acceptors (Lipinski definition) is 5. The number of aromatic nitrogens is 2. The maximum Gasteiger partial charge on any atom is 0.246 e. The molecule has 3 amide bonds. The van der Waals surface area contributed by atoms with Crippen LogP contribution >= 0.6 is 0 Å². The summed E-state index contributed by atoms with van der Waals surface area (Å²) in [4.78, 5) is 50.9. The molecule has 10 heteroatoms. The minimum atomic E-state index is -1.18. The zero-order chi connectivity index (χ0) is 30.3. The van der Waals surface area contributed by atoms with Crippen molar-refractivity contribution in [2.75, 3.05) is 6.54 Å². The Bertz CT molecular complexity index is 1580. The first kappa shape index (κ1) is 29.5. The fraction of sp³-hybridized carbons (Fsp3) is 0.242. The summed E-state index contributed by atoms with van der Waals surface area (Å²) in [6.45, 7) is 1.66. The SMILES string of the molecule is CC(C(=O)NCc1cc(F)cc(F)c1)C(=O)NC(Cc1ccccc1)C(=O)N1CCc2ccccc2C1c1cnccn1. The van der Waals surface area contributed by atoms with Crippen LogP contribution in [0.15, 0.2) is 91.4 Å². The van der Waals surface area contributed by atoms with Crippen molar-refractivity contribution in [3.05, 3.63) is 131 Å². The summed E-state index contributed by atoms with van der Waals surface area (Å²) >= 11 is 0. The molecule has 0 radical (unpaired) electrons. The van der Waals surface area contributed by atoms with E-state index in [0.29, 0.717) is 18.7 Å². The smallest absolute Gasteiger partial charge is 0.246 e. The molecule has 2 N–H and O–H groups in total. The summed E-state index contributed by atoms with van der Waals surface area (Å²) in [5, 5.41) is 5.35. The lowest BCUT2D eigenvalue weighted by Gasteiger charge is -2.39. The van der Waals surface area contributed by atoms with Crippen molar-refractivity contribution in [2.24, 2.45) is 5.92 Å². The summed E-state index contributed by atoms with van der Waals surface area (Å²) in [5.41, 5.74) is 3.70. The van der Waals surface area contributed by atoms with Gasteiger partial charge in [0.2, 0.25) is 17.7 Å². The highest BCUT2D eigenvalue weighted by Crippen LogP contribution is 2.34. The van der Waals surface area contributed by atoms with Crippen molar-refractivity contribution >= 4 is 17.7 Å². The van der Waals surface area contributed by atoms with Crippen LogP contribution in [0, 0.1) is 17.6 Å². The van der Waals surface area contributed by atoms with Crippen LogP contribution in [-0.2, 0) is 33.8 Å². The number of halogens is 2. The lowest BCUT2D eigenvalue weighted by Crippen LogP contribution is -2.54. The van der Waals surface area contributed by atoms with Gasteiger partial charge in [0.1, 0.15) is 29.6 Å². The van der Waals surface area contributed by atoms with E-state index < -0.39 is 41.5 Å². The first-order chi connectivity index (χ1) is 20.8. The first-order valence-electron chi connectivity index (χ1n) is 14.0. The van der Waals surface area contributed by atoms with Crippen molar-refractivity contribution in [3.63, 3.8) is 0 Å². The molecule has 8 nitrogen and oxygen atoms in total. The molecule has 3 aromatic carbocycles. The Morgan fingerprint density at radius 2 is 1.65 bits per heavy atom. The monoisotopic (exact) mass is 583 g/mol. The van der Waals surface area contributed by atoms with Crippen molar-refractivity contribution < 1.29 is 23.2 Å². The van der Waals surface area contributed by atoms with Crippen LogP contribution in [0.5, 0.6) is 0 Å². The Morgan fingerprint density at radius 1 is 0.930 bits per heavy atom. The van der Waals surface area contributed by atoms with Crippen LogP contribution in [0.2, 0.25) is 0 Å². The van der Waals surface area contributed by atoms with Gasteiger partial charge in [-0.05, 0) is 47.7 Å². The molecule has 43 heavy (non-hydrogen) atoms. The minimum absolute atomic E-state index is 0.162. The van der Waals surface area contributed by atoms with Gasteiger partial charge in [-0.2, -0.15) is 0 Å². The van der Waals surface area contributed by atoms with Crippen molar-refractivity contribution in [1.29, 1.82) is 0 Å². The van der Waals surface area contributed by atoms with E-state index in [1.807, 2.05) is 54.6 Å². The molecule has 5 rings (SSSR count). The van der Waals surface area contributed by atoms with Crippen LogP contribution in [0.25, 0.3) is 0 Å². The maximum atomic E-state index is 14.3. The Labute approximate surface area is 248 Å². The van der Waals surface area contributed by atoms with E-state index in [0.717, 1.165) is 34.9 Å². The molecular weight excluding hydrogens is 552 g/mol. The van der Waals surface area contributed by atoms with E-state index in [2.05, 4.69) is 20.6 Å². The van der Waals surface area contributed by atoms with E-state index in [9.17, 15) is 23.2 Å².